The molecule has 1 aromatic heterocycles. The maximum absolute atomic E-state index is 11.8. The number of halogens is 2. The van der Waals surface area contributed by atoms with E-state index in [2.05, 4.69) is 42.9 Å². The molecule has 0 spiro atoms. The molecule has 0 amide bonds. The Balaban J connectivity index is 1.61. The molecular weight excluding hydrogens is 494 g/mol. The molecule has 8 heteroatoms. The maximum atomic E-state index is 11.8. The Bertz CT molecular complexity index is 1130. The Morgan fingerprint density at radius 3 is 2.59 bits per heavy atom. The minimum absolute atomic E-state index is 0.0223. The van der Waals surface area contributed by atoms with E-state index in [-0.39, 0.29) is 18.2 Å². The van der Waals surface area contributed by atoms with Crippen LogP contribution >= 0.6 is 27.5 Å². The molecule has 166 valence electrons. The van der Waals surface area contributed by atoms with Crippen molar-refractivity contribution in [2.24, 2.45) is 0 Å². The molecule has 1 aliphatic heterocycles. The quantitative estimate of drug-likeness (QED) is 0.425. The lowest BCUT2D eigenvalue weighted by molar-refractivity contribution is 0.0692. The van der Waals surface area contributed by atoms with Crippen molar-refractivity contribution in [2.75, 3.05) is 11.4 Å². The number of anilines is 1. The molecular formula is C24H23BrClN3O3. The lowest BCUT2D eigenvalue weighted by Gasteiger charge is -2.25. The Kier molecular flexibility index (Phi) is 6.67. The van der Waals surface area contributed by atoms with E-state index in [1.54, 1.807) is 0 Å². The third kappa shape index (κ3) is 4.74. The zero-order valence-electron chi connectivity index (χ0n) is 17.8. The van der Waals surface area contributed by atoms with Crippen molar-refractivity contribution < 1.29 is 14.6 Å². The van der Waals surface area contributed by atoms with Crippen LogP contribution in [0.4, 0.5) is 5.95 Å². The summed E-state index contributed by atoms with van der Waals surface area (Å²) in [5.41, 5.74) is 3.36. The number of aromatic carboxylic acids is 1. The van der Waals surface area contributed by atoms with E-state index >= 15 is 0 Å². The van der Waals surface area contributed by atoms with Gasteiger partial charge in [-0.25, -0.2) is 14.8 Å². The number of aromatic nitrogens is 2. The normalized spacial score (nSPS) is 15.8. The van der Waals surface area contributed by atoms with Gasteiger partial charge >= 0.3 is 5.97 Å². The van der Waals surface area contributed by atoms with Crippen LogP contribution in [0.3, 0.4) is 0 Å². The minimum Gasteiger partial charge on any atom is -0.487 e. The molecule has 2 aromatic carbocycles. The van der Waals surface area contributed by atoms with Crippen molar-refractivity contribution in [2.45, 2.75) is 39.3 Å². The predicted octanol–water partition coefficient (Wildman–Crippen LogP) is 6.13. The molecule has 3 aromatic rings. The highest BCUT2D eigenvalue weighted by Crippen LogP contribution is 2.35. The van der Waals surface area contributed by atoms with Gasteiger partial charge in [0.05, 0.1) is 11.7 Å². The zero-order chi connectivity index (χ0) is 22.8. The minimum atomic E-state index is -1.08. The molecule has 32 heavy (non-hydrogen) atoms. The summed E-state index contributed by atoms with van der Waals surface area (Å²) in [5, 5.41) is 10.3. The predicted molar refractivity (Wildman–Crippen MR) is 128 cm³/mol. The third-order valence-electron chi connectivity index (χ3n) is 5.64. The van der Waals surface area contributed by atoms with Gasteiger partial charge in [0.15, 0.2) is 0 Å². The highest BCUT2D eigenvalue weighted by molar-refractivity contribution is 9.10. The first-order chi connectivity index (χ1) is 15.3. The number of nitrogens with zero attached hydrogens (tertiary/aromatic N) is 3. The fourth-order valence-corrected chi connectivity index (χ4v) is 4.39. The summed E-state index contributed by atoms with van der Waals surface area (Å²) in [6.45, 7) is 4.64. The molecule has 4 rings (SSSR count). The molecule has 1 N–H and O–H groups in total. The first kappa shape index (κ1) is 22.6. The van der Waals surface area contributed by atoms with Gasteiger partial charge in [-0.15, -0.1) is 0 Å². The van der Waals surface area contributed by atoms with Crippen molar-refractivity contribution >= 4 is 39.4 Å². The average molecular weight is 517 g/mol. The zero-order valence-corrected chi connectivity index (χ0v) is 20.2. The molecule has 1 aliphatic rings. The maximum Gasteiger partial charge on any atom is 0.339 e. The van der Waals surface area contributed by atoms with Crippen LogP contribution in [-0.4, -0.2) is 27.6 Å². The second kappa shape index (κ2) is 9.46. The van der Waals surface area contributed by atoms with Gasteiger partial charge in [-0.1, -0.05) is 39.7 Å². The first-order valence-electron chi connectivity index (χ1n) is 10.3. The summed E-state index contributed by atoms with van der Waals surface area (Å²) in [5.74, 6) is 0.0572. The monoisotopic (exact) mass is 515 g/mol. The molecule has 0 radical (unpaired) electrons. The summed E-state index contributed by atoms with van der Waals surface area (Å²) in [6.07, 6.45) is 3.37. The third-order valence-corrected chi connectivity index (χ3v) is 6.76. The van der Waals surface area contributed by atoms with Crippen LogP contribution in [0.5, 0.6) is 5.75 Å². The lowest BCUT2D eigenvalue weighted by Crippen LogP contribution is -2.26. The number of carboxylic acids is 1. The number of ether oxygens (including phenoxy) is 1. The topological polar surface area (TPSA) is 75.5 Å². The Hall–Kier alpha value is -2.64. The SMILES string of the molecule is Cc1cc(OCc2nc(N3CCCC3c3ccc(Br)cc3)ncc2C(=O)O)cc(C)c1Cl. The van der Waals surface area contributed by atoms with Crippen molar-refractivity contribution in [3.8, 4) is 5.75 Å². The Labute approximate surface area is 200 Å². The van der Waals surface area contributed by atoms with Gasteiger partial charge in [0.1, 0.15) is 17.9 Å². The van der Waals surface area contributed by atoms with Crippen molar-refractivity contribution in [3.63, 3.8) is 0 Å². The summed E-state index contributed by atoms with van der Waals surface area (Å²) in [6, 6.07) is 12.0. The number of aryl methyl sites for hydroxylation is 2. The van der Waals surface area contributed by atoms with Gasteiger partial charge in [-0.3, -0.25) is 0 Å². The molecule has 1 atom stereocenters. The van der Waals surface area contributed by atoms with Crippen LogP contribution < -0.4 is 9.64 Å². The molecule has 1 fully saturated rings. The van der Waals surface area contributed by atoms with Crippen LogP contribution in [0.15, 0.2) is 47.1 Å². The van der Waals surface area contributed by atoms with E-state index in [1.165, 1.54) is 11.8 Å². The summed E-state index contributed by atoms with van der Waals surface area (Å²) < 4.78 is 6.93. The smallest absolute Gasteiger partial charge is 0.339 e. The number of carboxylic acid groups (broad SMARTS) is 1. The van der Waals surface area contributed by atoms with Crippen LogP contribution in [0.2, 0.25) is 5.02 Å². The van der Waals surface area contributed by atoms with Gasteiger partial charge in [0.2, 0.25) is 5.95 Å². The van der Waals surface area contributed by atoms with Crippen molar-refractivity contribution in [3.05, 3.63) is 80.0 Å². The van der Waals surface area contributed by atoms with Crippen LogP contribution in [0.1, 0.15) is 51.6 Å². The fraction of sp³-hybridized carbons (Fsp3) is 0.292. The molecule has 6 nitrogen and oxygen atoms in total. The van der Waals surface area contributed by atoms with Gasteiger partial charge in [-0.2, -0.15) is 0 Å². The lowest BCUT2D eigenvalue weighted by atomic mass is 10.1. The van der Waals surface area contributed by atoms with E-state index in [0.717, 1.165) is 35.0 Å². The fourth-order valence-electron chi connectivity index (χ4n) is 4.01. The van der Waals surface area contributed by atoms with Crippen molar-refractivity contribution in [1.29, 1.82) is 0 Å². The highest BCUT2D eigenvalue weighted by Gasteiger charge is 2.29. The standard InChI is InChI=1S/C24H23BrClN3O3/c1-14-10-18(11-15(2)22(14)26)32-13-20-19(23(30)31)12-27-24(28-20)29-9-3-4-21(29)16-5-7-17(25)8-6-16/h5-8,10-12,21H,3-4,9,13H2,1-2H3,(H,30,31). The first-order valence-corrected chi connectivity index (χ1v) is 11.5. The number of rotatable bonds is 6. The highest BCUT2D eigenvalue weighted by atomic mass is 79.9. The summed E-state index contributed by atoms with van der Waals surface area (Å²) in [7, 11) is 0. The number of carbonyl (C=O) groups is 1. The molecule has 1 saturated heterocycles. The van der Waals surface area contributed by atoms with E-state index in [9.17, 15) is 9.90 Å². The number of hydrogen-bond donors (Lipinski definition) is 1. The number of hydrogen-bond acceptors (Lipinski definition) is 5. The van der Waals surface area contributed by atoms with E-state index in [4.69, 9.17) is 16.3 Å². The summed E-state index contributed by atoms with van der Waals surface area (Å²) >= 11 is 9.72. The van der Waals surface area contributed by atoms with Gasteiger partial charge < -0.3 is 14.7 Å². The number of benzene rings is 2. The average Bonchev–Trinajstić information content (AvgIpc) is 3.26. The second-order valence-electron chi connectivity index (χ2n) is 7.90. The van der Waals surface area contributed by atoms with Crippen LogP contribution in [-0.2, 0) is 6.61 Å². The van der Waals surface area contributed by atoms with Gasteiger partial charge in [0, 0.05) is 22.2 Å². The van der Waals surface area contributed by atoms with E-state index < -0.39 is 5.97 Å². The molecule has 1 unspecified atom stereocenters. The summed E-state index contributed by atoms with van der Waals surface area (Å²) in [4.78, 5) is 22.9. The van der Waals surface area contributed by atoms with Crippen LogP contribution in [0, 0.1) is 13.8 Å². The van der Waals surface area contributed by atoms with E-state index in [0.29, 0.717) is 22.4 Å². The Morgan fingerprint density at radius 1 is 1.25 bits per heavy atom. The van der Waals surface area contributed by atoms with Gasteiger partial charge in [0.25, 0.3) is 0 Å². The molecule has 0 saturated carbocycles. The Morgan fingerprint density at radius 2 is 1.94 bits per heavy atom. The molecule has 0 bridgehead atoms. The molecule has 0 aliphatic carbocycles. The van der Waals surface area contributed by atoms with Crippen LogP contribution in [0.25, 0.3) is 0 Å². The molecule has 2 heterocycles. The van der Waals surface area contributed by atoms with Crippen molar-refractivity contribution in [1.82, 2.24) is 9.97 Å². The second-order valence-corrected chi connectivity index (χ2v) is 9.19. The van der Waals surface area contributed by atoms with E-state index in [1.807, 2.05) is 38.1 Å². The van der Waals surface area contributed by atoms with Gasteiger partial charge in [-0.05, 0) is 67.6 Å². The largest absolute Gasteiger partial charge is 0.487 e.